The van der Waals surface area contributed by atoms with Crippen LogP contribution >= 0.6 is 0 Å². The van der Waals surface area contributed by atoms with Gasteiger partial charge >= 0.3 is 6.61 Å². The van der Waals surface area contributed by atoms with E-state index in [9.17, 15) is 13.6 Å². The van der Waals surface area contributed by atoms with Crippen molar-refractivity contribution in [2.75, 3.05) is 5.32 Å². The molecule has 0 saturated heterocycles. The number of amides is 1. The van der Waals surface area contributed by atoms with Gasteiger partial charge in [-0.25, -0.2) is 9.50 Å². The maximum absolute atomic E-state index is 13.0. The number of halogens is 2. The molecule has 152 valence electrons. The molecule has 10 heteroatoms. The molecule has 2 N–H and O–H groups in total. The van der Waals surface area contributed by atoms with Crippen molar-refractivity contribution in [1.82, 2.24) is 24.8 Å². The van der Waals surface area contributed by atoms with Gasteiger partial charge in [0.1, 0.15) is 17.0 Å². The zero-order valence-corrected chi connectivity index (χ0v) is 15.6. The number of fused-ring (bicyclic) bond motifs is 2. The highest BCUT2D eigenvalue weighted by Crippen LogP contribution is 2.39. The Kier molecular flexibility index (Phi) is 4.38. The van der Waals surface area contributed by atoms with E-state index in [1.165, 1.54) is 16.9 Å². The first-order chi connectivity index (χ1) is 14.6. The fourth-order valence-corrected chi connectivity index (χ4v) is 3.75. The Labute approximate surface area is 168 Å². The lowest BCUT2D eigenvalue weighted by molar-refractivity contribution is -0.0495. The van der Waals surface area contributed by atoms with Crippen molar-refractivity contribution in [2.24, 2.45) is 0 Å². The summed E-state index contributed by atoms with van der Waals surface area (Å²) in [5.74, 6) is -0.408. The number of carbonyl (C=O) groups is 1. The minimum absolute atomic E-state index is 0.0332. The van der Waals surface area contributed by atoms with Crippen LogP contribution in [0.25, 0.3) is 16.9 Å². The van der Waals surface area contributed by atoms with E-state index in [0.29, 0.717) is 22.6 Å². The minimum Gasteiger partial charge on any atom is -0.434 e. The molecule has 0 atom stereocenters. The molecule has 3 aromatic heterocycles. The first kappa shape index (κ1) is 18.2. The van der Waals surface area contributed by atoms with Crippen molar-refractivity contribution in [2.45, 2.75) is 25.9 Å². The van der Waals surface area contributed by atoms with E-state index in [-0.39, 0.29) is 11.3 Å². The summed E-state index contributed by atoms with van der Waals surface area (Å²) in [5.41, 5.74) is 3.79. The average molecular weight is 410 g/mol. The van der Waals surface area contributed by atoms with Gasteiger partial charge in [0, 0.05) is 24.2 Å². The monoisotopic (exact) mass is 410 g/mol. The molecule has 0 unspecified atom stereocenters. The van der Waals surface area contributed by atoms with Gasteiger partial charge in [-0.15, -0.1) is 0 Å². The van der Waals surface area contributed by atoms with Gasteiger partial charge < -0.3 is 10.1 Å². The van der Waals surface area contributed by atoms with Crippen LogP contribution in [0.2, 0.25) is 0 Å². The molecule has 1 aliphatic rings. The highest BCUT2D eigenvalue weighted by Gasteiger charge is 2.23. The summed E-state index contributed by atoms with van der Waals surface area (Å²) in [6.07, 6.45) is 8.79. The van der Waals surface area contributed by atoms with Crippen LogP contribution in [0.1, 0.15) is 27.9 Å². The number of H-pyrrole nitrogens is 1. The van der Waals surface area contributed by atoms with E-state index < -0.39 is 12.5 Å². The van der Waals surface area contributed by atoms with Crippen LogP contribution in [0.15, 0.2) is 43.0 Å². The number of hydrogen-bond donors (Lipinski definition) is 2. The SMILES string of the molecule is O=C(Nc1c[nH]nc1-c1cc2c(cc1OC(F)F)CCC2)c1cnn2cccnc12. The third-order valence-electron chi connectivity index (χ3n) is 5.08. The highest BCUT2D eigenvalue weighted by atomic mass is 19.3. The number of nitrogens with one attached hydrogen (secondary N) is 2. The summed E-state index contributed by atoms with van der Waals surface area (Å²) in [6.45, 7) is -2.97. The summed E-state index contributed by atoms with van der Waals surface area (Å²) >= 11 is 0. The van der Waals surface area contributed by atoms with Crippen molar-refractivity contribution in [3.8, 4) is 17.0 Å². The second kappa shape index (κ2) is 7.21. The van der Waals surface area contributed by atoms with Crippen LogP contribution in [0, 0.1) is 0 Å². The predicted molar refractivity (Wildman–Crippen MR) is 104 cm³/mol. The topological polar surface area (TPSA) is 97.2 Å². The van der Waals surface area contributed by atoms with Crippen molar-refractivity contribution in [1.29, 1.82) is 0 Å². The molecule has 4 aromatic rings. The van der Waals surface area contributed by atoms with Crippen molar-refractivity contribution >= 4 is 17.2 Å². The number of aromatic nitrogens is 5. The van der Waals surface area contributed by atoms with Gasteiger partial charge in [-0.2, -0.15) is 19.0 Å². The van der Waals surface area contributed by atoms with Crippen LogP contribution in [0.4, 0.5) is 14.5 Å². The summed E-state index contributed by atoms with van der Waals surface area (Å²) in [4.78, 5) is 17.0. The molecule has 0 radical (unpaired) electrons. The molecule has 0 aliphatic heterocycles. The molecule has 0 bridgehead atoms. The first-order valence-corrected chi connectivity index (χ1v) is 9.34. The first-order valence-electron chi connectivity index (χ1n) is 9.34. The highest BCUT2D eigenvalue weighted by molar-refractivity contribution is 6.09. The molecule has 30 heavy (non-hydrogen) atoms. The molecule has 1 aromatic carbocycles. The number of aromatic amines is 1. The number of ether oxygens (including phenoxy) is 1. The fourth-order valence-electron chi connectivity index (χ4n) is 3.75. The number of rotatable bonds is 5. The quantitative estimate of drug-likeness (QED) is 0.525. The second-order valence-corrected chi connectivity index (χ2v) is 6.90. The van der Waals surface area contributed by atoms with Crippen molar-refractivity contribution in [3.05, 3.63) is 59.7 Å². The number of hydrogen-bond acceptors (Lipinski definition) is 5. The van der Waals surface area contributed by atoms with E-state index >= 15 is 0 Å². The van der Waals surface area contributed by atoms with Gasteiger partial charge in [0.2, 0.25) is 0 Å². The van der Waals surface area contributed by atoms with Crippen molar-refractivity contribution < 1.29 is 18.3 Å². The number of alkyl halides is 2. The van der Waals surface area contributed by atoms with Crippen LogP contribution in [-0.4, -0.2) is 37.3 Å². The van der Waals surface area contributed by atoms with E-state index in [1.54, 1.807) is 24.5 Å². The van der Waals surface area contributed by atoms with E-state index in [1.807, 2.05) is 6.07 Å². The van der Waals surface area contributed by atoms with Gasteiger partial charge in [0.25, 0.3) is 5.91 Å². The molecule has 5 rings (SSSR count). The van der Waals surface area contributed by atoms with Gasteiger partial charge in [-0.05, 0) is 48.6 Å². The maximum Gasteiger partial charge on any atom is 0.387 e. The number of carbonyl (C=O) groups excluding carboxylic acids is 1. The lowest BCUT2D eigenvalue weighted by Crippen LogP contribution is -2.12. The number of aryl methyl sites for hydroxylation is 2. The molecule has 0 fully saturated rings. The average Bonchev–Trinajstić information content (AvgIpc) is 3.45. The summed E-state index contributed by atoms with van der Waals surface area (Å²) < 4.78 is 32.3. The lowest BCUT2D eigenvalue weighted by atomic mass is 10.0. The molecule has 3 heterocycles. The molecular weight excluding hydrogens is 394 g/mol. The molecule has 0 spiro atoms. The van der Waals surface area contributed by atoms with Crippen LogP contribution in [0.3, 0.4) is 0 Å². The number of anilines is 1. The molecule has 8 nitrogen and oxygen atoms in total. The zero-order valence-electron chi connectivity index (χ0n) is 15.6. The normalized spacial score (nSPS) is 13.0. The maximum atomic E-state index is 13.0. The van der Waals surface area contributed by atoms with Gasteiger partial charge in [0.05, 0.1) is 11.9 Å². The summed E-state index contributed by atoms with van der Waals surface area (Å²) in [5, 5.41) is 13.7. The van der Waals surface area contributed by atoms with Crippen LogP contribution < -0.4 is 10.1 Å². The Bertz CT molecular complexity index is 1250. The van der Waals surface area contributed by atoms with Crippen molar-refractivity contribution in [3.63, 3.8) is 0 Å². The largest absolute Gasteiger partial charge is 0.434 e. The Morgan fingerprint density at radius 3 is 2.93 bits per heavy atom. The number of nitrogens with zero attached hydrogens (tertiary/aromatic N) is 4. The Morgan fingerprint density at radius 2 is 2.10 bits per heavy atom. The fraction of sp³-hybridized carbons (Fsp3) is 0.200. The van der Waals surface area contributed by atoms with E-state index in [4.69, 9.17) is 4.74 Å². The molecular formula is C20H16F2N6O2. The lowest BCUT2D eigenvalue weighted by Gasteiger charge is -2.13. The summed E-state index contributed by atoms with van der Waals surface area (Å²) in [6, 6.07) is 5.15. The van der Waals surface area contributed by atoms with Crippen LogP contribution in [-0.2, 0) is 12.8 Å². The molecule has 1 aliphatic carbocycles. The van der Waals surface area contributed by atoms with E-state index in [0.717, 1.165) is 30.4 Å². The predicted octanol–water partition coefficient (Wildman–Crippen LogP) is 3.46. The zero-order chi connectivity index (χ0) is 20.7. The Hall–Kier alpha value is -3.82. The smallest absolute Gasteiger partial charge is 0.387 e. The third-order valence-corrected chi connectivity index (χ3v) is 5.08. The Balaban J connectivity index is 1.51. The molecule has 0 saturated carbocycles. The van der Waals surface area contributed by atoms with Gasteiger partial charge in [-0.1, -0.05) is 0 Å². The van der Waals surface area contributed by atoms with E-state index in [2.05, 4.69) is 25.6 Å². The second-order valence-electron chi connectivity index (χ2n) is 6.90. The molecule has 1 amide bonds. The van der Waals surface area contributed by atoms with Gasteiger partial charge in [-0.3, -0.25) is 9.89 Å². The van der Waals surface area contributed by atoms with Crippen LogP contribution in [0.5, 0.6) is 5.75 Å². The third kappa shape index (κ3) is 3.15. The standard InChI is InChI=1S/C20H16F2N6O2/c21-20(22)30-16-8-12-4-1-3-11(12)7-13(16)17-15(10-24-27-17)26-19(29)14-9-25-28-6-2-5-23-18(14)28/h2,5-10,20H,1,3-4H2,(H,24,27)(H,26,29). The minimum atomic E-state index is -2.97. The Morgan fingerprint density at radius 1 is 1.27 bits per heavy atom. The number of benzene rings is 1. The van der Waals surface area contributed by atoms with Gasteiger partial charge in [0.15, 0.2) is 5.65 Å². The summed E-state index contributed by atoms with van der Waals surface area (Å²) in [7, 11) is 0.